The Hall–Kier alpha value is -1.83. The molecular weight excluding hydrogens is 380 g/mol. The predicted molar refractivity (Wildman–Crippen MR) is 121 cm³/mol. The highest BCUT2D eigenvalue weighted by molar-refractivity contribution is 5.83. The zero-order chi connectivity index (χ0) is 22.3. The highest BCUT2D eigenvalue weighted by Gasteiger charge is 2.29. The van der Waals surface area contributed by atoms with Crippen molar-refractivity contribution < 1.29 is 9.59 Å². The van der Waals surface area contributed by atoms with E-state index in [-0.39, 0.29) is 11.8 Å². The standard InChI is InChI=1S/C22H42N6O2/c1-7-24-21(25-16-22(4,5)20(30)23-6)27-10-8-26(9-11-27)15-19(29)28-13-17(2)12-18(3)14-28/h17-18H,7-16H2,1-6H3,(H,23,30)(H,24,25). The third-order valence-electron chi connectivity index (χ3n) is 6.05. The van der Waals surface area contributed by atoms with E-state index in [0.29, 0.717) is 24.9 Å². The summed E-state index contributed by atoms with van der Waals surface area (Å²) in [6, 6.07) is 0. The average Bonchev–Trinajstić information content (AvgIpc) is 2.70. The highest BCUT2D eigenvalue weighted by Crippen LogP contribution is 2.21. The van der Waals surface area contributed by atoms with Gasteiger partial charge in [-0.2, -0.15) is 0 Å². The molecule has 0 radical (unpaired) electrons. The number of carbonyl (C=O) groups excluding carboxylic acids is 2. The molecule has 0 aromatic rings. The fraction of sp³-hybridized carbons (Fsp3) is 0.864. The number of guanidine groups is 1. The monoisotopic (exact) mass is 422 g/mol. The summed E-state index contributed by atoms with van der Waals surface area (Å²) < 4.78 is 0. The lowest BCUT2D eigenvalue weighted by molar-refractivity contribution is -0.135. The van der Waals surface area contributed by atoms with Gasteiger partial charge in [0.2, 0.25) is 11.8 Å². The Morgan fingerprint density at radius 3 is 2.17 bits per heavy atom. The van der Waals surface area contributed by atoms with Crippen LogP contribution in [0.25, 0.3) is 0 Å². The smallest absolute Gasteiger partial charge is 0.236 e. The molecule has 2 aliphatic rings. The van der Waals surface area contributed by atoms with Crippen LogP contribution in [0.2, 0.25) is 0 Å². The number of hydrogen-bond acceptors (Lipinski definition) is 4. The molecule has 0 spiro atoms. The van der Waals surface area contributed by atoms with Crippen molar-refractivity contribution >= 4 is 17.8 Å². The quantitative estimate of drug-likeness (QED) is 0.490. The van der Waals surface area contributed by atoms with Crippen molar-refractivity contribution in [3.05, 3.63) is 0 Å². The third-order valence-corrected chi connectivity index (χ3v) is 6.05. The van der Waals surface area contributed by atoms with E-state index in [2.05, 4.69) is 46.1 Å². The minimum absolute atomic E-state index is 0.00761. The highest BCUT2D eigenvalue weighted by atomic mass is 16.2. The number of nitrogens with one attached hydrogen (secondary N) is 2. The summed E-state index contributed by atoms with van der Waals surface area (Å²) >= 11 is 0. The van der Waals surface area contributed by atoms with Gasteiger partial charge in [-0.3, -0.25) is 19.5 Å². The number of aliphatic imine (C=N–C) groups is 1. The van der Waals surface area contributed by atoms with Crippen molar-refractivity contribution in [1.29, 1.82) is 0 Å². The molecule has 0 saturated carbocycles. The summed E-state index contributed by atoms with van der Waals surface area (Å²) in [7, 11) is 1.66. The van der Waals surface area contributed by atoms with Crippen LogP contribution < -0.4 is 10.6 Å². The van der Waals surface area contributed by atoms with Crippen LogP contribution in [-0.4, -0.2) is 98.4 Å². The molecule has 2 amide bonds. The van der Waals surface area contributed by atoms with Crippen LogP contribution in [0.4, 0.5) is 0 Å². The molecule has 2 rings (SSSR count). The Morgan fingerprint density at radius 1 is 1.03 bits per heavy atom. The maximum atomic E-state index is 12.8. The van der Waals surface area contributed by atoms with Gasteiger partial charge in [0.1, 0.15) is 0 Å². The minimum Gasteiger partial charge on any atom is -0.359 e. The van der Waals surface area contributed by atoms with Gasteiger partial charge in [0.15, 0.2) is 5.96 Å². The van der Waals surface area contributed by atoms with Crippen LogP contribution in [0.1, 0.15) is 41.0 Å². The molecule has 2 atom stereocenters. The van der Waals surface area contributed by atoms with Gasteiger partial charge in [-0.05, 0) is 39.0 Å². The molecule has 2 fully saturated rings. The van der Waals surface area contributed by atoms with Crippen LogP contribution in [0.3, 0.4) is 0 Å². The molecular formula is C22H42N6O2. The third kappa shape index (κ3) is 6.86. The summed E-state index contributed by atoms with van der Waals surface area (Å²) in [4.78, 5) is 36.1. The molecule has 2 saturated heterocycles. The largest absolute Gasteiger partial charge is 0.359 e. The number of piperidine rings is 1. The zero-order valence-corrected chi connectivity index (χ0v) is 19.8. The number of rotatable bonds is 6. The second-order valence-corrected chi connectivity index (χ2v) is 9.64. The van der Waals surface area contributed by atoms with E-state index in [1.165, 1.54) is 6.42 Å². The number of hydrogen-bond donors (Lipinski definition) is 2. The fourth-order valence-corrected chi connectivity index (χ4v) is 4.38. The van der Waals surface area contributed by atoms with Gasteiger partial charge in [-0.1, -0.05) is 13.8 Å². The molecule has 8 nitrogen and oxygen atoms in total. The van der Waals surface area contributed by atoms with E-state index >= 15 is 0 Å². The number of carbonyl (C=O) groups is 2. The van der Waals surface area contributed by atoms with E-state index in [9.17, 15) is 9.59 Å². The molecule has 0 aliphatic carbocycles. The van der Waals surface area contributed by atoms with Crippen LogP contribution in [0.15, 0.2) is 4.99 Å². The molecule has 2 heterocycles. The number of likely N-dealkylation sites (tertiary alicyclic amines) is 1. The Balaban J connectivity index is 1.88. The summed E-state index contributed by atoms with van der Waals surface area (Å²) in [5, 5.41) is 6.06. The SMILES string of the molecule is CCNC(=NCC(C)(C)C(=O)NC)N1CCN(CC(=O)N2CC(C)CC(C)C2)CC1. The van der Waals surface area contributed by atoms with Crippen LogP contribution in [0.5, 0.6) is 0 Å². The topological polar surface area (TPSA) is 80.3 Å². The fourth-order valence-electron chi connectivity index (χ4n) is 4.38. The van der Waals surface area contributed by atoms with Gasteiger partial charge in [-0.15, -0.1) is 0 Å². The molecule has 0 bridgehead atoms. The Labute approximate surface area is 182 Å². The van der Waals surface area contributed by atoms with Gasteiger partial charge < -0.3 is 20.4 Å². The molecule has 2 aliphatic heterocycles. The van der Waals surface area contributed by atoms with E-state index in [1.54, 1.807) is 7.05 Å². The lowest BCUT2D eigenvalue weighted by Gasteiger charge is -2.39. The number of amides is 2. The summed E-state index contributed by atoms with van der Waals surface area (Å²) in [5.41, 5.74) is -0.549. The summed E-state index contributed by atoms with van der Waals surface area (Å²) in [6.07, 6.45) is 1.21. The molecule has 172 valence electrons. The molecule has 2 N–H and O–H groups in total. The Bertz CT molecular complexity index is 603. The van der Waals surface area contributed by atoms with Gasteiger partial charge >= 0.3 is 0 Å². The summed E-state index contributed by atoms with van der Waals surface area (Å²) in [6.45, 7) is 17.2. The number of piperazine rings is 1. The van der Waals surface area contributed by atoms with Crippen molar-refractivity contribution in [2.45, 2.75) is 41.0 Å². The van der Waals surface area contributed by atoms with Gasteiger partial charge in [0.25, 0.3) is 0 Å². The lowest BCUT2D eigenvalue weighted by atomic mass is 9.92. The first-order chi connectivity index (χ1) is 14.2. The van der Waals surface area contributed by atoms with Crippen LogP contribution in [-0.2, 0) is 9.59 Å². The molecule has 0 aromatic heterocycles. The van der Waals surface area contributed by atoms with Crippen molar-refractivity contribution in [1.82, 2.24) is 25.3 Å². The van der Waals surface area contributed by atoms with E-state index < -0.39 is 5.41 Å². The van der Waals surface area contributed by atoms with E-state index in [0.717, 1.165) is 51.8 Å². The Morgan fingerprint density at radius 2 is 1.63 bits per heavy atom. The van der Waals surface area contributed by atoms with Gasteiger partial charge in [0.05, 0.1) is 18.5 Å². The first-order valence-electron chi connectivity index (χ1n) is 11.4. The van der Waals surface area contributed by atoms with E-state index in [1.807, 2.05) is 13.8 Å². The molecule has 8 heteroatoms. The summed E-state index contributed by atoms with van der Waals surface area (Å²) in [5.74, 6) is 2.28. The van der Waals surface area contributed by atoms with Gasteiger partial charge in [-0.25, -0.2) is 0 Å². The first-order valence-corrected chi connectivity index (χ1v) is 11.4. The van der Waals surface area contributed by atoms with Crippen LogP contribution in [0, 0.1) is 17.3 Å². The second-order valence-electron chi connectivity index (χ2n) is 9.64. The second kappa shape index (κ2) is 11.0. The lowest BCUT2D eigenvalue weighted by Crippen LogP contribution is -2.55. The minimum atomic E-state index is -0.549. The number of nitrogens with zero attached hydrogens (tertiary/aromatic N) is 4. The molecule has 2 unspecified atom stereocenters. The first kappa shape index (κ1) is 24.4. The zero-order valence-electron chi connectivity index (χ0n) is 19.8. The predicted octanol–water partition coefficient (Wildman–Crippen LogP) is 0.846. The maximum absolute atomic E-state index is 12.8. The van der Waals surface area contributed by atoms with Gasteiger partial charge in [0, 0.05) is 52.9 Å². The van der Waals surface area contributed by atoms with Crippen molar-refractivity contribution in [3.8, 4) is 0 Å². The average molecular weight is 423 g/mol. The normalized spacial score (nSPS) is 24.0. The van der Waals surface area contributed by atoms with Crippen molar-refractivity contribution in [2.24, 2.45) is 22.2 Å². The maximum Gasteiger partial charge on any atom is 0.236 e. The van der Waals surface area contributed by atoms with Crippen LogP contribution >= 0.6 is 0 Å². The molecule has 0 aromatic carbocycles. The Kier molecular flexibility index (Phi) is 8.94. The van der Waals surface area contributed by atoms with E-state index in [4.69, 9.17) is 4.99 Å². The van der Waals surface area contributed by atoms with Crippen molar-refractivity contribution in [3.63, 3.8) is 0 Å². The molecule has 30 heavy (non-hydrogen) atoms. The van der Waals surface area contributed by atoms with Crippen molar-refractivity contribution in [2.75, 3.05) is 66.0 Å².